The van der Waals surface area contributed by atoms with E-state index in [-0.39, 0.29) is 23.7 Å². The molecule has 0 saturated carbocycles. The van der Waals surface area contributed by atoms with Gasteiger partial charge in [-0.3, -0.25) is 9.78 Å². The molecule has 1 atom stereocenters. The third-order valence-electron chi connectivity index (χ3n) is 5.41. The highest BCUT2D eigenvalue weighted by Gasteiger charge is 2.25. The summed E-state index contributed by atoms with van der Waals surface area (Å²) in [6.45, 7) is 4.25. The van der Waals surface area contributed by atoms with Gasteiger partial charge in [0.15, 0.2) is 5.76 Å². The van der Waals surface area contributed by atoms with Gasteiger partial charge in [-0.15, -0.1) is 0 Å². The van der Waals surface area contributed by atoms with Crippen LogP contribution in [0.4, 0.5) is 0 Å². The summed E-state index contributed by atoms with van der Waals surface area (Å²) in [4.78, 5) is 21.6. The minimum Gasteiger partial charge on any atom is -0.488 e. The molecule has 0 aliphatic carbocycles. The van der Waals surface area contributed by atoms with Gasteiger partial charge in [0.25, 0.3) is 11.9 Å². The fourth-order valence-electron chi connectivity index (χ4n) is 3.79. The van der Waals surface area contributed by atoms with Crippen LogP contribution in [0.5, 0.6) is 17.4 Å². The molecule has 0 fully saturated rings. The number of aromatic nitrogens is 2. The fourth-order valence-corrected chi connectivity index (χ4v) is 3.79. The van der Waals surface area contributed by atoms with E-state index in [2.05, 4.69) is 21.4 Å². The number of fused-ring (bicyclic) bond motifs is 1. The molecule has 33 heavy (non-hydrogen) atoms. The standard InChI is InChI=1S/C26H23N3O4/c1-16-14-27-17(2)25(29-16)18-8-9-22-19(12-18)13-21(31-22)15-28-26(30)23-10-11-24(33-23)32-20-6-4-3-5-7-20/h3-12,14,21H,13,15H2,1-2H3,(H,28,30). The SMILES string of the molecule is Cc1cnc(C)c(-c2ccc3c(c2)CC(CNC(=O)c2ccc(Oc4ccccc4)o2)O3)n1. The molecule has 1 amide bonds. The highest BCUT2D eigenvalue weighted by atomic mass is 16.6. The summed E-state index contributed by atoms with van der Waals surface area (Å²) in [5, 5.41) is 2.88. The van der Waals surface area contributed by atoms with E-state index in [1.807, 2.05) is 56.3 Å². The molecule has 0 radical (unpaired) electrons. The zero-order valence-corrected chi connectivity index (χ0v) is 18.4. The molecule has 1 unspecified atom stereocenters. The lowest BCUT2D eigenvalue weighted by Crippen LogP contribution is -2.34. The first-order valence-corrected chi connectivity index (χ1v) is 10.8. The summed E-state index contributed by atoms with van der Waals surface area (Å²) >= 11 is 0. The zero-order chi connectivity index (χ0) is 22.8. The normalized spacial score (nSPS) is 14.4. The van der Waals surface area contributed by atoms with Crippen molar-refractivity contribution in [2.75, 3.05) is 6.54 Å². The average Bonchev–Trinajstić information content (AvgIpc) is 3.46. The number of nitrogens with zero attached hydrogens (tertiary/aromatic N) is 2. The van der Waals surface area contributed by atoms with Crippen LogP contribution in [0.15, 0.2) is 71.3 Å². The predicted octanol–water partition coefficient (Wildman–Crippen LogP) is 4.88. The van der Waals surface area contributed by atoms with Gasteiger partial charge in [0.05, 0.1) is 23.6 Å². The van der Waals surface area contributed by atoms with Crippen molar-refractivity contribution in [1.82, 2.24) is 15.3 Å². The van der Waals surface area contributed by atoms with E-state index >= 15 is 0 Å². The van der Waals surface area contributed by atoms with Crippen molar-refractivity contribution in [3.63, 3.8) is 0 Å². The Morgan fingerprint density at radius 2 is 1.97 bits per heavy atom. The van der Waals surface area contributed by atoms with E-state index in [4.69, 9.17) is 13.9 Å². The molecule has 4 aromatic rings. The van der Waals surface area contributed by atoms with Gasteiger partial charge in [-0.25, -0.2) is 4.98 Å². The Labute approximate surface area is 191 Å². The lowest BCUT2D eigenvalue weighted by Gasteiger charge is -2.11. The number of carbonyl (C=O) groups is 1. The first kappa shape index (κ1) is 20.8. The van der Waals surface area contributed by atoms with Gasteiger partial charge in [-0.05, 0) is 55.8 Å². The highest BCUT2D eigenvalue weighted by Crippen LogP contribution is 2.33. The molecule has 1 aliphatic heterocycles. The predicted molar refractivity (Wildman–Crippen MR) is 123 cm³/mol. The topological polar surface area (TPSA) is 86.5 Å². The number of benzene rings is 2. The molecule has 0 spiro atoms. The van der Waals surface area contributed by atoms with Crippen LogP contribution in [0.3, 0.4) is 0 Å². The Morgan fingerprint density at radius 1 is 1.12 bits per heavy atom. The number of ether oxygens (including phenoxy) is 2. The van der Waals surface area contributed by atoms with Crippen LogP contribution in [0.2, 0.25) is 0 Å². The van der Waals surface area contributed by atoms with Crippen molar-refractivity contribution < 1.29 is 18.7 Å². The highest BCUT2D eigenvalue weighted by molar-refractivity contribution is 5.91. The third kappa shape index (κ3) is 4.57. The van der Waals surface area contributed by atoms with Gasteiger partial charge in [0, 0.05) is 24.2 Å². The summed E-state index contributed by atoms with van der Waals surface area (Å²) in [7, 11) is 0. The Kier molecular flexibility index (Phi) is 5.52. The van der Waals surface area contributed by atoms with E-state index < -0.39 is 0 Å². The summed E-state index contributed by atoms with van der Waals surface area (Å²) in [5.41, 5.74) is 4.74. The lowest BCUT2D eigenvalue weighted by atomic mass is 10.0. The van der Waals surface area contributed by atoms with E-state index in [0.29, 0.717) is 18.7 Å². The van der Waals surface area contributed by atoms with Crippen molar-refractivity contribution in [3.8, 4) is 28.7 Å². The molecule has 2 aromatic carbocycles. The first-order chi connectivity index (χ1) is 16.0. The molecule has 3 heterocycles. The summed E-state index contributed by atoms with van der Waals surface area (Å²) in [6.07, 6.45) is 2.31. The maximum Gasteiger partial charge on any atom is 0.290 e. The average molecular weight is 441 g/mol. The number of hydrogen-bond acceptors (Lipinski definition) is 6. The van der Waals surface area contributed by atoms with Crippen LogP contribution in [0.1, 0.15) is 27.5 Å². The van der Waals surface area contributed by atoms with Gasteiger partial charge >= 0.3 is 0 Å². The minimum absolute atomic E-state index is 0.154. The minimum atomic E-state index is -0.316. The van der Waals surface area contributed by atoms with Crippen molar-refractivity contribution >= 4 is 5.91 Å². The monoisotopic (exact) mass is 441 g/mol. The summed E-state index contributed by atoms with van der Waals surface area (Å²) in [5.74, 6) is 1.60. The number of rotatable bonds is 6. The van der Waals surface area contributed by atoms with Crippen LogP contribution >= 0.6 is 0 Å². The van der Waals surface area contributed by atoms with Gasteiger partial charge in [-0.2, -0.15) is 0 Å². The van der Waals surface area contributed by atoms with Crippen LogP contribution in [0, 0.1) is 13.8 Å². The molecular weight excluding hydrogens is 418 g/mol. The number of hydrogen-bond donors (Lipinski definition) is 1. The second-order valence-corrected chi connectivity index (χ2v) is 7.96. The number of amides is 1. The molecule has 0 bridgehead atoms. The summed E-state index contributed by atoms with van der Waals surface area (Å²) < 4.78 is 17.2. The van der Waals surface area contributed by atoms with Crippen molar-refractivity contribution in [3.05, 3.63) is 89.6 Å². The number of carbonyl (C=O) groups excluding carboxylic acids is 1. The van der Waals surface area contributed by atoms with E-state index in [9.17, 15) is 4.79 Å². The second-order valence-electron chi connectivity index (χ2n) is 7.96. The fraction of sp³-hybridized carbons (Fsp3) is 0.192. The van der Waals surface area contributed by atoms with Gasteiger partial charge in [0.2, 0.25) is 0 Å². The number of nitrogens with one attached hydrogen (secondary N) is 1. The molecule has 7 heteroatoms. The number of aryl methyl sites for hydroxylation is 2. The molecular formula is C26H23N3O4. The van der Waals surface area contributed by atoms with Gasteiger partial charge in [-0.1, -0.05) is 18.2 Å². The van der Waals surface area contributed by atoms with Crippen molar-refractivity contribution in [2.45, 2.75) is 26.4 Å². The lowest BCUT2D eigenvalue weighted by molar-refractivity contribution is 0.0901. The quantitative estimate of drug-likeness (QED) is 0.459. The van der Waals surface area contributed by atoms with Gasteiger partial charge in [0.1, 0.15) is 17.6 Å². The summed E-state index contributed by atoms with van der Waals surface area (Å²) in [6, 6.07) is 18.5. The smallest absolute Gasteiger partial charge is 0.290 e. The maximum absolute atomic E-state index is 12.5. The molecule has 5 rings (SSSR count). The van der Waals surface area contributed by atoms with E-state index in [1.165, 1.54) is 0 Å². The van der Waals surface area contributed by atoms with Gasteiger partial charge < -0.3 is 19.2 Å². The Balaban J connectivity index is 1.19. The van der Waals surface area contributed by atoms with Crippen LogP contribution in [0.25, 0.3) is 11.3 Å². The number of furan rings is 1. The first-order valence-electron chi connectivity index (χ1n) is 10.8. The number of para-hydroxylation sites is 1. The second kappa shape index (κ2) is 8.78. The van der Waals surface area contributed by atoms with Crippen molar-refractivity contribution in [2.24, 2.45) is 0 Å². The maximum atomic E-state index is 12.5. The molecule has 0 saturated heterocycles. The van der Waals surface area contributed by atoms with E-state index in [0.717, 1.165) is 34.0 Å². The van der Waals surface area contributed by atoms with Crippen LogP contribution in [-0.4, -0.2) is 28.5 Å². The zero-order valence-electron chi connectivity index (χ0n) is 18.4. The Hall–Kier alpha value is -4.13. The molecule has 7 nitrogen and oxygen atoms in total. The molecule has 2 aromatic heterocycles. The third-order valence-corrected chi connectivity index (χ3v) is 5.41. The molecule has 1 N–H and O–H groups in total. The van der Waals surface area contributed by atoms with Crippen LogP contribution < -0.4 is 14.8 Å². The largest absolute Gasteiger partial charge is 0.488 e. The Morgan fingerprint density at radius 3 is 2.82 bits per heavy atom. The van der Waals surface area contributed by atoms with Crippen LogP contribution in [-0.2, 0) is 6.42 Å². The molecule has 166 valence electrons. The van der Waals surface area contributed by atoms with E-state index in [1.54, 1.807) is 18.3 Å². The Bertz CT molecular complexity index is 1300. The van der Waals surface area contributed by atoms with Crippen molar-refractivity contribution in [1.29, 1.82) is 0 Å². The molecule has 1 aliphatic rings.